The molecule has 2 aliphatic rings. The zero-order valence-corrected chi connectivity index (χ0v) is 11.9. The molecular weight excluding hydrogens is 208 g/mol. The van der Waals surface area contributed by atoms with Gasteiger partial charge in [-0.2, -0.15) is 0 Å². The topological polar surface area (TPSA) is 15.3 Å². The van der Waals surface area contributed by atoms with E-state index in [1.165, 1.54) is 45.2 Å². The van der Waals surface area contributed by atoms with Crippen LogP contribution in [0.2, 0.25) is 0 Å². The maximum Gasteiger partial charge on any atom is 0.0218 e. The van der Waals surface area contributed by atoms with Gasteiger partial charge < -0.3 is 5.32 Å². The Bertz CT molecular complexity index is 207. The van der Waals surface area contributed by atoms with Crippen LogP contribution in [0.1, 0.15) is 52.9 Å². The van der Waals surface area contributed by atoms with Crippen molar-refractivity contribution in [3.05, 3.63) is 0 Å². The number of hydrogen-bond donors (Lipinski definition) is 1. The van der Waals surface area contributed by atoms with E-state index in [0.717, 1.165) is 18.4 Å². The summed E-state index contributed by atoms with van der Waals surface area (Å²) in [6.07, 6.45) is 7.15. The molecule has 100 valence electrons. The Morgan fingerprint density at radius 2 is 1.59 bits per heavy atom. The Labute approximate surface area is 107 Å². The molecule has 0 heterocycles. The summed E-state index contributed by atoms with van der Waals surface area (Å²) in [5.74, 6) is 2.05. The van der Waals surface area contributed by atoms with Gasteiger partial charge in [0.2, 0.25) is 0 Å². The number of hydrogen-bond acceptors (Lipinski definition) is 2. The Kier molecular flexibility index (Phi) is 4.87. The Morgan fingerprint density at radius 3 is 2.00 bits per heavy atom. The molecular formula is C15H30N2. The molecule has 0 radical (unpaired) electrons. The lowest BCUT2D eigenvalue weighted by Crippen LogP contribution is -2.48. The maximum absolute atomic E-state index is 3.66. The summed E-state index contributed by atoms with van der Waals surface area (Å²) in [7, 11) is 0. The highest BCUT2D eigenvalue weighted by molar-refractivity contribution is 4.87. The first-order valence-corrected chi connectivity index (χ1v) is 7.68. The third-order valence-electron chi connectivity index (χ3n) is 4.40. The summed E-state index contributed by atoms with van der Waals surface area (Å²) in [6, 6.07) is 1.33. The molecule has 0 aromatic carbocycles. The van der Waals surface area contributed by atoms with Crippen LogP contribution in [0.3, 0.4) is 0 Å². The van der Waals surface area contributed by atoms with Crippen LogP contribution in [-0.2, 0) is 0 Å². The molecule has 2 atom stereocenters. The van der Waals surface area contributed by atoms with Gasteiger partial charge in [0.1, 0.15) is 0 Å². The number of nitrogens with zero attached hydrogens (tertiary/aromatic N) is 1. The van der Waals surface area contributed by atoms with E-state index in [1.807, 2.05) is 0 Å². The van der Waals surface area contributed by atoms with E-state index >= 15 is 0 Å². The minimum Gasteiger partial charge on any atom is -0.313 e. The van der Waals surface area contributed by atoms with Gasteiger partial charge in [0.25, 0.3) is 0 Å². The molecule has 0 aromatic heterocycles. The standard InChI is InChI=1S/C15H30N2/c1-4-9-16-12(2)13(3)17(10-14-5-6-14)11-15-7-8-15/h12-16H,4-11H2,1-3H3. The van der Waals surface area contributed by atoms with E-state index < -0.39 is 0 Å². The molecule has 1 N–H and O–H groups in total. The largest absolute Gasteiger partial charge is 0.313 e. The molecule has 2 nitrogen and oxygen atoms in total. The average Bonchev–Trinajstić information content (AvgIpc) is 3.18. The normalized spacial score (nSPS) is 24.0. The lowest BCUT2D eigenvalue weighted by Gasteiger charge is -2.34. The van der Waals surface area contributed by atoms with Crippen molar-refractivity contribution in [2.24, 2.45) is 11.8 Å². The van der Waals surface area contributed by atoms with Gasteiger partial charge in [-0.25, -0.2) is 0 Å². The van der Waals surface area contributed by atoms with Crippen molar-refractivity contribution in [3.63, 3.8) is 0 Å². The van der Waals surface area contributed by atoms with Crippen LogP contribution in [0.4, 0.5) is 0 Å². The van der Waals surface area contributed by atoms with Crippen molar-refractivity contribution < 1.29 is 0 Å². The predicted octanol–water partition coefficient (Wildman–Crippen LogP) is 2.89. The molecule has 2 rings (SSSR count). The smallest absolute Gasteiger partial charge is 0.0218 e. The van der Waals surface area contributed by atoms with Crippen molar-refractivity contribution in [2.75, 3.05) is 19.6 Å². The van der Waals surface area contributed by atoms with E-state index in [-0.39, 0.29) is 0 Å². The zero-order valence-electron chi connectivity index (χ0n) is 11.9. The molecule has 0 spiro atoms. The molecule has 2 fully saturated rings. The second-order valence-corrected chi connectivity index (χ2v) is 6.32. The summed E-state index contributed by atoms with van der Waals surface area (Å²) < 4.78 is 0. The Hall–Kier alpha value is -0.0800. The Balaban J connectivity index is 1.78. The highest BCUT2D eigenvalue weighted by atomic mass is 15.2. The second-order valence-electron chi connectivity index (χ2n) is 6.32. The van der Waals surface area contributed by atoms with Crippen molar-refractivity contribution in [1.29, 1.82) is 0 Å². The van der Waals surface area contributed by atoms with Gasteiger partial charge >= 0.3 is 0 Å². The number of rotatable bonds is 9. The molecule has 0 saturated heterocycles. The van der Waals surface area contributed by atoms with Gasteiger partial charge in [0.15, 0.2) is 0 Å². The van der Waals surface area contributed by atoms with Gasteiger partial charge in [0, 0.05) is 25.2 Å². The summed E-state index contributed by atoms with van der Waals surface area (Å²) in [4.78, 5) is 2.77. The van der Waals surface area contributed by atoms with Crippen LogP contribution in [-0.4, -0.2) is 36.6 Å². The summed E-state index contributed by atoms with van der Waals surface area (Å²) >= 11 is 0. The first-order chi connectivity index (χ1) is 8.20. The zero-order chi connectivity index (χ0) is 12.3. The maximum atomic E-state index is 3.66. The second kappa shape index (κ2) is 6.19. The van der Waals surface area contributed by atoms with Crippen molar-refractivity contribution >= 4 is 0 Å². The van der Waals surface area contributed by atoms with Crippen LogP contribution in [0.5, 0.6) is 0 Å². The van der Waals surface area contributed by atoms with Crippen molar-refractivity contribution in [1.82, 2.24) is 10.2 Å². The van der Waals surface area contributed by atoms with Crippen LogP contribution < -0.4 is 5.32 Å². The van der Waals surface area contributed by atoms with E-state index in [1.54, 1.807) is 0 Å². The molecule has 2 saturated carbocycles. The summed E-state index contributed by atoms with van der Waals surface area (Å²) in [5, 5.41) is 3.66. The average molecular weight is 238 g/mol. The Morgan fingerprint density at radius 1 is 1.06 bits per heavy atom. The quantitative estimate of drug-likeness (QED) is 0.664. The molecule has 2 heteroatoms. The third-order valence-corrected chi connectivity index (χ3v) is 4.40. The highest BCUT2D eigenvalue weighted by Gasteiger charge is 2.32. The van der Waals surface area contributed by atoms with Crippen molar-refractivity contribution in [2.45, 2.75) is 65.0 Å². The van der Waals surface area contributed by atoms with E-state index in [2.05, 4.69) is 31.0 Å². The van der Waals surface area contributed by atoms with E-state index in [0.29, 0.717) is 12.1 Å². The summed E-state index contributed by atoms with van der Waals surface area (Å²) in [6.45, 7) is 10.9. The fourth-order valence-electron chi connectivity index (χ4n) is 2.53. The highest BCUT2D eigenvalue weighted by Crippen LogP contribution is 2.34. The minimum atomic E-state index is 0.632. The molecule has 17 heavy (non-hydrogen) atoms. The molecule has 0 aliphatic heterocycles. The third kappa shape index (κ3) is 4.59. The first kappa shape index (κ1) is 13.4. The summed E-state index contributed by atoms with van der Waals surface area (Å²) in [5.41, 5.74) is 0. The van der Waals surface area contributed by atoms with Gasteiger partial charge in [-0.3, -0.25) is 4.90 Å². The molecule has 0 bridgehead atoms. The minimum absolute atomic E-state index is 0.632. The van der Waals surface area contributed by atoms with Crippen LogP contribution in [0.25, 0.3) is 0 Å². The van der Waals surface area contributed by atoms with E-state index in [4.69, 9.17) is 0 Å². The van der Waals surface area contributed by atoms with Crippen LogP contribution >= 0.6 is 0 Å². The molecule has 0 amide bonds. The fraction of sp³-hybridized carbons (Fsp3) is 1.00. The van der Waals surface area contributed by atoms with E-state index in [9.17, 15) is 0 Å². The van der Waals surface area contributed by atoms with Crippen LogP contribution in [0, 0.1) is 11.8 Å². The van der Waals surface area contributed by atoms with Gasteiger partial charge in [-0.1, -0.05) is 6.92 Å². The SMILES string of the molecule is CCCNC(C)C(C)N(CC1CC1)CC1CC1. The van der Waals surface area contributed by atoms with Crippen molar-refractivity contribution in [3.8, 4) is 0 Å². The van der Waals surface area contributed by atoms with Gasteiger partial charge in [0.05, 0.1) is 0 Å². The lowest BCUT2D eigenvalue weighted by molar-refractivity contribution is 0.161. The van der Waals surface area contributed by atoms with Gasteiger partial charge in [-0.05, 0) is 64.3 Å². The number of nitrogens with one attached hydrogen (secondary N) is 1. The fourth-order valence-corrected chi connectivity index (χ4v) is 2.53. The molecule has 2 unspecified atom stereocenters. The first-order valence-electron chi connectivity index (χ1n) is 7.68. The lowest BCUT2D eigenvalue weighted by atomic mass is 10.1. The molecule has 0 aromatic rings. The van der Waals surface area contributed by atoms with Gasteiger partial charge in [-0.15, -0.1) is 0 Å². The monoisotopic (exact) mass is 238 g/mol. The molecule has 2 aliphatic carbocycles. The predicted molar refractivity (Wildman–Crippen MR) is 74.2 cm³/mol. The van der Waals surface area contributed by atoms with Crippen LogP contribution in [0.15, 0.2) is 0 Å².